The van der Waals surface area contributed by atoms with Crippen molar-refractivity contribution in [2.75, 3.05) is 6.61 Å². The zero-order chi connectivity index (χ0) is 11.3. The smallest absolute Gasteiger partial charge is 0.307 e. The highest BCUT2D eigenvalue weighted by Crippen LogP contribution is 2.24. The fourth-order valence-corrected chi connectivity index (χ4v) is 2.24. The van der Waals surface area contributed by atoms with E-state index >= 15 is 0 Å². The maximum atomic E-state index is 11.2. The van der Waals surface area contributed by atoms with Crippen LogP contribution in [0.1, 0.15) is 36.1 Å². The zero-order valence-electron chi connectivity index (χ0n) is 9.56. The first-order valence-electron chi connectivity index (χ1n) is 5.17. The molecule has 0 fully saturated rings. The lowest BCUT2D eigenvalue weighted by Crippen LogP contribution is -2.16. The molecule has 5 heteroatoms. The quantitative estimate of drug-likeness (QED) is 0.831. The number of nitrogens with two attached hydrogens (primary N) is 1. The maximum absolute atomic E-state index is 11.2. The van der Waals surface area contributed by atoms with Crippen LogP contribution >= 0.6 is 23.7 Å². The summed E-state index contributed by atoms with van der Waals surface area (Å²) in [7, 11) is 0. The Morgan fingerprint density at radius 1 is 1.50 bits per heavy atom. The summed E-state index contributed by atoms with van der Waals surface area (Å²) < 4.78 is 4.85. The van der Waals surface area contributed by atoms with Gasteiger partial charge in [0, 0.05) is 15.8 Å². The van der Waals surface area contributed by atoms with Crippen molar-refractivity contribution in [3.8, 4) is 0 Å². The molecule has 0 bridgehead atoms. The Balaban J connectivity index is 0.00000225. The topological polar surface area (TPSA) is 52.3 Å². The molecule has 0 aromatic carbocycles. The van der Waals surface area contributed by atoms with Crippen LogP contribution in [0.4, 0.5) is 0 Å². The van der Waals surface area contributed by atoms with E-state index in [0.29, 0.717) is 6.61 Å². The van der Waals surface area contributed by atoms with Crippen molar-refractivity contribution in [1.29, 1.82) is 0 Å². The molecule has 1 heterocycles. The summed E-state index contributed by atoms with van der Waals surface area (Å²) >= 11 is 1.67. The Labute approximate surface area is 106 Å². The molecule has 0 aliphatic rings. The molecule has 0 aliphatic heterocycles. The highest BCUT2D eigenvalue weighted by molar-refractivity contribution is 7.12. The summed E-state index contributed by atoms with van der Waals surface area (Å²) in [6.45, 7) is 4.31. The van der Waals surface area contributed by atoms with Gasteiger partial charge in [0.25, 0.3) is 0 Å². The van der Waals surface area contributed by atoms with E-state index < -0.39 is 0 Å². The fraction of sp³-hybridized carbons (Fsp3) is 0.545. The van der Waals surface area contributed by atoms with Crippen LogP contribution in [0.5, 0.6) is 0 Å². The van der Waals surface area contributed by atoms with E-state index in [1.165, 1.54) is 4.88 Å². The number of carbonyl (C=O) groups excluding carboxylic acids is 1. The molecule has 0 unspecified atom stereocenters. The van der Waals surface area contributed by atoms with Crippen molar-refractivity contribution in [1.82, 2.24) is 0 Å². The minimum Gasteiger partial charge on any atom is -0.466 e. The lowest BCUT2D eigenvalue weighted by molar-refractivity contribution is -0.143. The van der Waals surface area contributed by atoms with Crippen molar-refractivity contribution in [2.24, 2.45) is 5.73 Å². The van der Waals surface area contributed by atoms with Gasteiger partial charge in [-0.3, -0.25) is 4.79 Å². The average Bonchev–Trinajstić information content (AvgIpc) is 2.66. The molecular formula is C11H18ClNO2S. The van der Waals surface area contributed by atoms with E-state index in [2.05, 4.69) is 13.0 Å². The van der Waals surface area contributed by atoms with Gasteiger partial charge in [0.15, 0.2) is 0 Å². The van der Waals surface area contributed by atoms with Gasteiger partial charge in [0.1, 0.15) is 0 Å². The highest BCUT2D eigenvalue weighted by atomic mass is 35.5. The maximum Gasteiger partial charge on any atom is 0.307 e. The second kappa shape index (κ2) is 7.65. The van der Waals surface area contributed by atoms with Gasteiger partial charge < -0.3 is 10.5 Å². The van der Waals surface area contributed by atoms with Crippen LogP contribution in [0, 0.1) is 0 Å². The van der Waals surface area contributed by atoms with Crippen LogP contribution in [0.25, 0.3) is 0 Å². The molecule has 1 atom stereocenters. The zero-order valence-corrected chi connectivity index (χ0v) is 11.2. The fourth-order valence-electron chi connectivity index (χ4n) is 1.28. The summed E-state index contributed by atoms with van der Waals surface area (Å²) in [5.74, 6) is -0.226. The second-order valence-corrected chi connectivity index (χ2v) is 4.47. The van der Waals surface area contributed by atoms with E-state index in [4.69, 9.17) is 10.5 Å². The normalized spacial score (nSPS) is 11.7. The molecule has 0 amide bonds. The van der Waals surface area contributed by atoms with Crippen LogP contribution in [-0.4, -0.2) is 12.6 Å². The summed E-state index contributed by atoms with van der Waals surface area (Å²) in [5.41, 5.74) is 5.90. The molecule has 0 saturated carbocycles. The first kappa shape index (κ1) is 15.4. The standard InChI is InChI=1S/C11H17NO2S.ClH/c1-3-8-5-6-10(15-8)9(12)7-11(13)14-4-2;/h5-6,9H,3-4,7,12H2,1-2H3;1H/t9-;/m1./s1. The summed E-state index contributed by atoms with van der Waals surface area (Å²) in [6.07, 6.45) is 1.27. The molecular weight excluding hydrogens is 246 g/mol. The number of halogens is 1. The van der Waals surface area contributed by atoms with E-state index in [0.717, 1.165) is 11.3 Å². The number of ether oxygens (including phenoxy) is 1. The van der Waals surface area contributed by atoms with Gasteiger partial charge >= 0.3 is 5.97 Å². The molecule has 16 heavy (non-hydrogen) atoms. The number of carbonyl (C=O) groups is 1. The number of hydrogen-bond acceptors (Lipinski definition) is 4. The van der Waals surface area contributed by atoms with E-state index in [1.807, 2.05) is 6.07 Å². The van der Waals surface area contributed by atoms with E-state index in [1.54, 1.807) is 18.3 Å². The summed E-state index contributed by atoms with van der Waals surface area (Å²) in [4.78, 5) is 13.6. The van der Waals surface area contributed by atoms with Crippen LogP contribution < -0.4 is 5.73 Å². The van der Waals surface area contributed by atoms with Crippen LogP contribution in [0.15, 0.2) is 12.1 Å². The Kier molecular flexibility index (Phi) is 7.38. The Hall–Kier alpha value is -0.580. The van der Waals surface area contributed by atoms with Gasteiger partial charge in [0.2, 0.25) is 0 Å². The minimum atomic E-state index is -0.227. The van der Waals surface area contributed by atoms with Crippen LogP contribution in [0.3, 0.4) is 0 Å². The summed E-state index contributed by atoms with van der Waals surface area (Å²) in [6, 6.07) is 3.83. The Morgan fingerprint density at radius 2 is 2.19 bits per heavy atom. The van der Waals surface area contributed by atoms with Gasteiger partial charge in [-0.1, -0.05) is 6.92 Å². The minimum absolute atomic E-state index is 0. The third-order valence-corrected chi connectivity index (χ3v) is 3.45. The molecule has 2 N–H and O–H groups in total. The van der Waals surface area contributed by atoms with Crippen LogP contribution in [0.2, 0.25) is 0 Å². The van der Waals surface area contributed by atoms with Crippen molar-refractivity contribution >= 4 is 29.7 Å². The van der Waals surface area contributed by atoms with Gasteiger partial charge in [-0.05, 0) is 25.5 Å². The molecule has 0 radical (unpaired) electrons. The van der Waals surface area contributed by atoms with Crippen molar-refractivity contribution < 1.29 is 9.53 Å². The molecule has 92 valence electrons. The lowest BCUT2D eigenvalue weighted by atomic mass is 10.2. The van der Waals surface area contributed by atoms with Crippen molar-refractivity contribution in [2.45, 2.75) is 32.7 Å². The van der Waals surface area contributed by atoms with Gasteiger partial charge in [-0.25, -0.2) is 0 Å². The molecule has 0 saturated heterocycles. The molecule has 3 nitrogen and oxygen atoms in total. The number of esters is 1. The molecule has 1 rings (SSSR count). The second-order valence-electron chi connectivity index (χ2n) is 3.27. The highest BCUT2D eigenvalue weighted by Gasteiger charge is 2.14. The molecule has 1 aromatic heterocycles. The average molecular weight is 264 g/mol. The lowest BCUT2D eigenvalue weighted by Gasteiger charge is -2.08. The van der Waals surface area contributed by atoms with Gasteiger partial charge in [0.05, 0.1) is 13.0 Å². The number of rotatable bonds is 5. The Morgan fingerprint density at radius 3 is 2.69 bits per heavy atom. The summed E-state index contributed by atoms with van der Waals surface area (Å²) in [5, 5.41) is 0. The van der Waals surface area contributed by atoms with Crippen molar-refractivity contribution in [3.05, 3.63) is 21.9 Å². The van der Waals surface area contributed by atoms with Crippen LogP contribution in [-0.2, 0) is 16.0 Å². The first-order chi connectivity index (χ1) is 7.17. The number of hydrogen-bond donors (Lipinski definition) is 1. The van der Waals surface area contributed by atoms with Gasteiger partial charge in [-0.2, -0.15) is 0 Å². The van der Waals surface area contributed by atoms with E-state index in [-0.39, 0.29) is 30.8 Å². The van der Waals surface area contributed by atoms with E-state index in [9.17, 15) is 4.79 Å². The predicted molar refractivity (Wildman–Crippen MR) is 69.1 cm³/mol. The third-order valence-electron chi connectivity index (χ3n) is 2.09. The largest absolute Gasteiger partial charge is 0.466 e. The third kappa shape index (κ3) is 4.51. The first-order valence-corrected chi connectivity index (χ1v) is 5.98. The van der Waals surface area contributed by atoms with Gasteiger partial charge in [-0.15, -0.1) is 23.7 Å². The monoisotopic (exact) mass is 263 g/mol. The SMILES string of the molecule is CCOC(=O)C[C@@H](N)c1ccc(CC)s1.Cl. The number of thiophene rings is 1. The molecule has 0 spiro atoms. The molecule has 0 aliphatic carbocycles. The molecule has 1 aromatic rings. The van der Waals surface area contributed by atoms with Crippen molar-refractivity contribution in [3.63, 3.8) is 0 Å². The number of aryl methyl sites for hydroxylation is 1. The Bertz CT molecular complexity index is 328. The predicted octanol–water partition coefficient (Wildman–Crippen LogP) is 2.69.